The van der Waals surface area contributed by atoms with Crippen LogP contribution in [0.5, 0.6) is 5.75 Å². The lowest BCUT2D eigenvalue weighted by Gasteiger charge is -2.10. The molecule has 2 N–H and O–H groups in total. The summed E-state index contributed by atoms with van der Waals surface area (Å²) in [6.45, 7) is -0.209. The van der Waals surface area contributed by atoms with E-state index in [2.05, 4.69) is 10.6 Å². The molecule has 0 aromatic heterocycles. The number of ether oxygens (including phenoxy) is 1. The summed E-state index contributed by atoms with van der Waals surface area (Å²) in [5, 5.41) is 5.69. The molecule has 0 heterocycles. The smallest absolute Gasteiger partial charge is 0.255 e. The summed E-state index contributed by atoms with van der Waals surface area (Å²) in [7, 11) is 1.47. The Hall–Kier alpha value is -2.24. The minimum atomic E-state index is -0.419. The van der Waals surface area contributed by atoms with Gasteiger partial charge in [0.05, 0.1) is 35.0 Å². The highest BCUT2D eigenvalue weighted by molar-refractivity contribution is 6.44. The third kappa shape index (κ3) is 4.37. The second-order valence-electron chi connectivity index (χ2n) is 4.53. The Kier molecular flexibility index (Phi) is 5.84. The Morgan fingerprint density at radius 1 is 1.09 bits per heavy atom. The molecule has 0 spiro atoms. The summed E-state index contributed by atoms with van der Waals surface area (Å²) in [6, 6.07) is 11.6. The summed E-state index contributed by atoms with van der Waals surface area (Å²) in [5.41, 5.74) is 0.735. The van der Waals surface area contributed by atoms with E-state index < -0.39 is 11.8 Å². The molecule has 120 valence electrons. The molecule has 0 radical (unpaired) electrons. The Bertz CT molecular complexity index is 735. The molecule has 0 fully saturated rings. The maximum atomic E-state index is 12.1. The average molecular weight is 353 g/mol. The van der Waals surface area contributed by atoms with E-state index in [0.29, 0.717) is 22.0 Å². The predicted molar refractivity (Wildman–Crippen MR) is 90.4 cm³/mol. The first-order valence-corrected chi connectivity index (χ1v) is 7.43. The SMILES string of the molecule is COc1ccccc1C(=O)NCC(=O)Nc1cccc(Cl)c1Cl. The molecule has 0 saturated carbocycles. The standard InChI is InChI=1S/C16H14Cl2N2O3/c1-23-13-8-3-2-5-10(13)16(22)19-9-14(21)20-12-7-4-6-11(17)15(12)18/h2-8H,9H2,1H3,(H,19,22)(H,20,21). The van der Waals surface area contributed by atoms with Gasteiger partial charge >= 0.3 is 0 Å². The third-order valence-electron chi connectivity index (χ3n) is 2.99. The molecule has 0 aliphatic heterocycles. The number of rotatable bonds is 5. The summed E-state index contributed by atoms with van der Waals surface area (Å²) in [6.07, 6.45) is 0. The molecule has 0 aliphatic carbocycles. The topological polar surface area (TPSA) is 67.4 Å². The van der Waals surface area contributed by atoms with Gasteiger partial charge in [0.15, 0.2) is 0 Å². The average Bonchev–Trinajstić information content (AvgIpc) is 2.56. The maximum Gasteiger partial charge on any atom is 0.255 e. The number of carbonyl (C=O) groups excluding carboxylic acids is 2. The monoisotopic (exact) mass is 352 g/mol. The van der Waals surface area contributed by atoms with Crippen molar-refractivity contribution in [2.24, 2.45) is 0 Å². The highest BCUT2D eigenvalue weighted by atomic mass is 35.5. The van der Waals surface area contributed by atoms with Crippen molar-refractivity contribution in [2.45, 2.75) is 0 Å². The number of hydrogen-bond donors (Lipinski definition) is 2. The number of benzene rings is 2. The van der Waals surface area contributed by atoms with Crippen LogP contribution < -0.4 is 15.4 Å². The van der Waals surface area contributed by atoms with Gasteiger partial charge in [-0.05, 0) is 24.3 Å². The lowest BCUT2D eigenvalue weighted by molar-refractivity contribution is -0.115. The van der Waals surface area contributed by atoms with Crippen LogP contribution in [0.3, 0.4) is 0 Å². The van der Waals surface area contributed by atoms with E-state index in [1.165, 1.54) is 7.11 Å². The zero-order chi connectivity index (χ0) is 16.8. The van der Waals surface area contributed by atoms with Crippen molar-refractivity contribution in [1.82, 2.24) is 5.32 Å². The van der Waals surface area contributed by atoms with Crippen LogP contribution in [0, 0.1) is 0 Å². The molecule has 0 atom stereocenters. The molecule has 0 bridgehead atoms. The number of hydrogen-bond acceptors (Lipinski definition) is 3. The predicted octanol–water partition coefficient (Wildman–Crippen LogP) is 3.37. The second kappa shape index (κ2) is 7.85. The number of anilines is 1. The van der Waals surface area contributed by atoms with Crippen LogP contribution >= 0.6 is 23.2 Å². The highest BCUT2D eigenvalue weighted by Crippen LogP contribution is 2.29. The lowest BCUT2D eigenvalue weighted by atomic mass is 10.2. The maximum absolute atomic E-state index is 12.1. The van der Waals surface area contributed by atoms with Gasteiger partial charge in [-0.3, -0.25) is 9.59 Å². The number of halogens is 2. The number of carbonyl (C=O) groups is 2. The van der Waals surface area contributed by atoms with Crippen molar-refractivity contribution < 1.29 is 14.3 Å². The van der Waals surface area contributed by atoms with Crippen LogP contribution in [0.25, 0.3) is 0 Å². The van der Waals surface area contributed by atoms with E-state index in [0.717, 1.165) is 0 Å². The summed E-state index contributed by atoms with van der Waals surface area (Å²) in [4.78, 5) is 24.0. The molecule has 2 amide bonds. The molecular formula is C16H14Cl2N2O3. The number of para-hydroxylation sites is 1. The summed E-state index contributed by atoms with van der Waals surface area (Å²) >= 11 is 11.9. The lowest BCUT2D eigenvalue weighted by Crippen LogP contribution is -2.33. The van der Waals surface area contributed by atoms with Gasteiger partial charge in [-0.2, -0.15) is 0 Å². The van der Waals surface area contributed by atoms with Gasteiger partial charge in [-0.25, -0.2) is 0 Å². The van der Waals surface area contributed by atoms with Crippen LogP contribution in [0.15, 0.2) is 42.5 Å². The molecule has 0 aliphatic rings. The first kappa shape index (κ1) is 17.1. The Morgan fingerprint density at radius 3 is 2.57 bits per heavy atom. The first-order chi connectivity index (χ1) is 11.0. The van der Waals surface area contributed by atoms with Crippen LogP contribution in [-0.4, -0.2) is 25.5 Å². The van der Waals surface area contributed by atoms with Crippen molar-refractivity contribution in [2.75, 3.05) is 19.0 Å². The van der Waals surface area contributed by atoms with Crippen molar-refractivity contribution in [3.05, 3.63) is 58.1 Å². The molecule has 23 heavy (non-hydrogen) atoms. The van der Waals surface area contributed by atoms with E-state index in [4.69, 9.17) is 27.9 Å². The zero-order valence-corrected chi connectivity index (χ0v) is 13.7. The highest BCUT2D eigenvalue weighted by Gasteiger charge is 2.13. The molecule has 2 rings (SSSR count). The van der Waals surface area contributed by atoms with E-state index >= 15 is 0 Å². The van der Waals surface area contributed by atoms with Gasteiger partial charge in [0.2, 0.25) is 5.91 Å². The van der Waals surface area contributed by atoms with Gasteiger partial charge in [0.1, 0.15) is 5.75 Å². The minimum Gasteiger partial charge on any atom is -0.496 e. The fourth-order valence-electron chi connectivity index (χ4n) is 1.88. The van der Waals surface area contributed by atoms with E-state index in [-0.39, 0.29) is 11.6 Å². The second-order valence-corrected chi connectivity index (χ2v) is 5.32. The number of nitrogens with one attached hydrogen (secondary N) is 2. The van der Waals surface area contributed by atoms with Gasteiger partial charge in [-0.15, -0.1) is 0 Å². The van der Waals surface area contributed by atoms with Crippen molar-refractivity contribution in [3.63, 3.8) is 0 Å². The zero-order valence-electron chi connectivity index (χ0n) is 12.2. The van der Waals surface area contributed by atoms with Crippen molar-refractivity contribution in [1.29, 1.82) is 0 Å². The van der Waals surface area contributed by atoms with Gasteiger partial charge in [-0.1, -0.05) is 41.4 Å². The molecule has 0 unspecified atom stereocenters. The Balaban J connectivity index is 1.96. The van der Waals surface area contributed by atoms with E-state index in [1.807, 2.05) is 0 Å². The van der Waals surface area contributed by atoms with Crippen LogP contribution in [-0.2, 0) is 4.79 Å². The van der Waals surface area contributed by atoms with Crippen LogP contribution in [0.2, 0.25) is 10.0 Å². The molecule has 2 aromatic carbocycles. The minimum absolute atomic E-state index is 0.209. The Morgan fingerprint density at radius 2 is 1.83 bits per heavy atom. The summed E-state index contributed by atoms with van der Waals surface area (Å²) < 4.78 is 5.10. The van der Waals surface area contributed by atoms with Gasteiger partial charge in [0.25, 0.3) is 5.91 Å². The first-order valence-electron chi connectivity index (χ1n) is 6.68. The largest absolute Gasteiger partial charge is 0.496 e. The molecule has 5 nitrogen and oxygen atoms in total. The van der Waals surface area contributed by atoms with Gasteiger partial charge < -0.3 is 15.4 Å². The summed E-state index contributed by atoms with van der Waals surface area (Å²) in [5.74, 6) is -0.393. The molecule has 7 heteroatoms. The fraction of sp³-hybridized carbons (Fsp3) is 0.125. The molecule has 2 aromatic rings. The number of methoxy groups -OCH3 is 1. The Labute approximate surface area is 143 Å². The normalized spacial score (nSPS) is 10.0. The van der Waals surface area contributed by atoms with Crippen LogP contribution in [0.4, 0.5) is 5.69 Å². The van der Waals surface area contributed by atoms with E-state index in [9.17, 15) is 9.59 Å². The fourth-order valence-corrected chi connectivity index (χ4v) is 2.23. The molecule has 0 saturated heterocycles. The van der Waals surface area contributed by atoms with Crippen molar-refractivity contribution >= 4 is 40.7 Å². The quantitative estimate of drug-likeness (QED) is 0.866. The van der Waals surface area contributed by atoms with E-state index in [1.54, 1.807) is 42.5 Å². The van der Waals surface area contributed by atoms with Gasteiger partial charge in [0, 0.05) is 0 Å². The third-order valence-corrected chi connectivity index (χ3v) is 3.81. The number of amides is 2. The van der Waals surface area contributed by atoms with Crippen LogP contribution in [0.1, 0.15) is 10.4 Å². The molecular weight excluding hydrogens is 339 g/mol. The van der Waals surface area contributed by atoms with Crippen molar-refractivity contribution in [3.8, 4) is 5.75 Å².